The van der Waals surface area contributed by atoms with Crippen molar-refractivity contribution < 1.29 is 9.59 Å². The predicted octanol–water partition coefficient (Wildman–Crippen LogP) is 4.35. The van der Waals surface area contributed by atoms with Crippen molar-refractivity contribution in [3.63, 3.8) is 0 Å². The highest BCUT2D eigenvalue weighted by molar-refractivity contribution is 7.10. The minimum atomic E-state index is -0.757. The van der Waals surface area contributed by atoms with Gasteiger partial charge in [-0.2, -0.15) is 0 Å². The number of hydrogen-bond acceptors (Lipinski definition) is 6. The first kappa shape index (κ1) is 19.7. The number of anilines is 1. The van der Waals surface area contributed by atoms with Gasteiger partial charge in [0, 0.05) is 22.0 Å². The number of para-hydroxylation sites is 1. The number of benzene rings is 1. The summed E-state index contributed by atoms with van der Waals surface area (Å²) < 4.78 is 3.83. The van der Waals surface area contributed by atoms with Gasteiger partial charge in [0.05, 0.1) is 0 Å². The van der Waals surface area contributed by atoms with Gasteiger partial charge in [-0.1, -0.05) is 35.5 Å². The minimum Gasteiger partial charge on any atom is -0.351 e. The second-order valence-electron chi connectivity index (χ2n) is 7.16. The van der Waals surface area contributed by atoms with Crippen LogP contribution in [0.15, 0.2) is 47.2 Å². The maximum Gasteiger partial charge on any atom is 0.280 e. The Kier molecular flexibility index (Phi) is 6.01. The summed E-state index contributed by atoms with van der Waals surface area (Å²) in [5.41, 5.74) is 1.89. The van der Waals surface area contributed by atoms with Crippen molar-refractivity contribution in [1.82, 2.24) is 14.9 Å². The van der Waals surface area contributed by atoms with Crippen molar-refractivity contribution in [1.29, 1.82) is 0 Å². The van der Waals surface area contributed by atoms with Crippen LogP contribution in [0.3, 0.4) is 0 Å². The van der Waals surface area contributed by atoms with E-state index in [1.807, 2.05) is 48.7 Å². The lowest BCUT2D eigenvalue weighted by Crippen LogP contribution is -2.46. The van der Waals surface area contributed by atoms with Crippen LogP contribution in [-0.2, 0) is 4.79 Å². The molecule has 2 amide bonds. The smallest absolute Gasteiger partial charge is 0.280 e. The van der Waals surface area contributed by atoms with Crippen molar-refractivity contribution in [3.8, 4) is 0 Å². The Morgan fingerprint density at radius 2 is 1.93 bits per heavy atom. The second-order valence-corrected chi connectivity index (χ2v) is 8.72. The first-order valence-electron chi connectivity index (χ1n) is 9.65. The number of nitrogens with one attached hydrogen (secondary N) is 1. The Bertz CT molecular complexity index is 966. The molecular weight excluding hydrogens is 404 g/mol. The Morgan fingerprint density at radius 1 is 1.17 bits per heavy atom. The van der Waals surface area contributed by atoms with Gasteiger partial charge in [0.25, 0.3) is 5.91 Å². The van der Waals surface area contributed by atoms with E-state index in [9.17, 15) is 9.59 Å². The summed E-state index contributed by atoms with van der Waals surface area (Å²) in [6, 6.07) is 10.7. The lowest BCUT2D eigenvalue weighted by molar-refractivity contribution is -0.123. The van der Waals surface area contributed by atoms with Gasteiger partial charge in [0.2, 0.25) is 5.91 Å². The van der Waals surface area contributed by atoms with Crippen LogP contribution in [0.5, 0.6) is 0 Å². The minimum absolute atomic E-state index is 0.150. The average molecular weight is 427 g/mol. The highest BCUT2D eigenvalue weighted by atomic mass is 32.1. The molecule has 150 valence electrons. The van der Waals surface area contributed by atoms with Gasteiger partial charge >= 0.3 is 0 Å². The molecule has 0 aliphatic heterocycles. The summed E-state index contributed by atoms with van der Waals surface area (Å²) >= 11 is 2.61. The van der Waals surface area contributed by atoms with Crippen LogP contribution in [0.1, 0.15) is 52.7 Å². The van der Waals surface area contributed by atoms with Crippen molar-refractivity contribution in [2.75, 3.05) is 4.90 Å². The number of carbonyl (C=O) groups is 2. The number of rotatable bonds is 6. The molecular formula is C21H22N4O2S2. The molecule has 1 atom stereocenters. The third kappa shape index (κ3) is 4.23. The molecule has 1 saturated carbocycles. The standard InChI is InChI=1S/C21H22N4O2S2/c1-14-11-12-28-19(14)18(20(26)22-15-7-5-6-8-15)25(16-9-3-2-4-10-16)21(27)17-13-29-24-23-17/h2-4,9-13,15,18H,5-8H2,1H3,(H,22,26)/t18-/m1/s1. The van der Waals surface area contributed by atoms with E-state index in [0.717, 1.165) is 47.7 Å². The summed E-state index contributed by atoms with van der Waals surface area (Å²) in [5, 5.41) is 10.7. The van der Waals surface area contributed by atoms with E-state index < -0.39 is 6.04 Å². The van der Waals surface area contributed by atoms with Gasteiger partial charge in [-0.05, 0) is 60.4 Å². The van der Waals surface area contributed by atoms with Crippen molar-refractivity contribution in [3.05, 3.63) is 63.3 Å². The molecule has 8 heteroatoms. The molecule has 1 aliphatic carbocycles. The average Bonchev–Trinajstić information content (AvgIpc) is 3.50. The molecule has 0 unspecified atom stereocenters. The molecule has 1 aliphatic rings. The number of carbonyl (C=O) groups excluding carboxylic acids is 2. The van der Waals surface area contributed by atoms with Crippen LogP contribution in [0.4, 0.5) is 5.69 Å². The SMILES string of the molecule is Cc1ccsc1[C@H](C(=O)NC1CCCC1)N(C(=O)c1csnn1)c1ccccc1. The van der Waals surface area contributed by atoms with Crippen LogP contribution in [-0.4, -0.2) is 27.4 Å². The van der Waals surface area contributed by atoms with E-state index in [1.54, 1.807) is 10.3 Å². The third-order valence-electron chi connectivity index (χ3n) is 5.19. The molecule has 1 fully saturated rings. The van der Waals surface area contributed by atoms with Gasteiger partial charge in [0.1, 0.15) is 0 Å². The predicted molar refractivity (Wildman–Crippen MR) is 115 cm³/mol. The van der Waals surface area contributed by atoms with Crippen molar-refractivity contribution in [2.45, 2.75) is 44.7 Å². The monoisotopic (exact) mass is 426 g/mol. The zero-order valence-electron chi connectivity index (χ0n) is 16.1. The Labute approximate surface area is 177 Å². The number of nitrogens with zero attached hydrogens (tertiary/aromatic N) is 3. The molecule has 3 aromatic rings. The zero-order valence-corrected chi connectivity index (χ0v) is 17.7. The second kappa shape index (κ2) is 8.84. The van der Waals surface area contributed by atoms with Crippen LogP contribution >= 0.6 is 22.9 Å². The van der Waals surface area contributed by atoms with Crippen LogP contribution < -0.4 is 10.2 Å². The summed E-state index contributed by atoms with van der Waals surface area (Å²) in [7, 11) is 0. The lowest BCUT2D eigenvalue weighted by Gasteiger charge is -2.31. The molecule has 29 heavy (non-hydrogen) atoms. The molecule has 0 saturated heterocycles. The fourth-order valence-corrected chi connectivity index (χ4v) is 5.17. The summed E-state index contributed by atoms with van der Waals surface area (Å²) in [5.74, 6) is -0.479. The molecule has 2 heterocycles. The van der Waals surface area contributed by atoms with Gasteiger partial charge in [-0.15, -0.1) is 16.4 Å². The van der Waals surface area contributed by atoms with E-state index >= 15 is 0 Å². The third-order valence-corrected chi connectivity index (χ3v) is 6.77. The van der Waals surface area contributed by atoms with Gasteiger partial charge in [0.15, 0.2) is 11.7 Å². The topological polar surface area (TPSA) is 75.2 Å². The summed E-state index contributed by atoms with van der Waals surface area (Å²) in [6.45, 7) is 1.97. The normalized spacial score (nSPS) is 15.2. The Hall–Kier alpha value is -2.58. The maximum atomic E-state index is 13.5. The van der Waals surface area contributed by atoms with E-state index in [0.29, 0.717) is 5.69 Å². The van der Waals surface area contributed by atoms with E-state index in [-0.39, 0.29) is 23.6 Å². The summed E-state index contributed by atoms with van der Waals surface area (Å²) in [6.07, 6.45) is 4.22. The zero-order chi connectivity index (χ0) is 20.2. The molecule has 6 nitrogen and oxygen atoms in total. The molecule has 1 aromatic carbocycles. The number of thiophene rings is 1. The Balaban J connectivity index is 1.78. The quantitative estimate of drug-likeness (QED) is 0.636. The Morgan fingerprint density at radius 3 is 2.55 bits per heavy atom. The number of aryl methyl sites for hydroxylation is 1. The fraction of sp³-hybridized carbons (Fsp3) is 0.333. The highest BCUT2D eigenvalue weighted by Gasteiger charge is 2.37. The molecule has 2 aromatic heterocycles. The largest absolute Gasteiger partial charge is 0.351 e. The fourth-order valence-electron chi connectivity index (χ4n) is 3.72. The molecule has 0 bridgehead atoms. The molecule has 4 rings (SSSR count). The summed E-state index contributed by atoms with van der Waals surface area (Å²) in [4.78, 5) is 29.4. The van der Waals surface area contributed by atoms with Crippen LogP contribution in [0.25, 0.3) is 0 Å². The van der Waals surface area contributed by atoms with Crippen molar-refractivity contribution >= 4 is 40.4 Å². The van der Waals surface area contributed by atoms with E-state index in [2.05, 4.69) is 14.9 Å². The highest BCUT2D eigenvalue weighted by Crippen LogP contribution is 2.34. The number of hydrogen-bond donors (Lipinski definition) is 1. The van der Waals surface area contributed by atoms with Crippen molar-refractivity contribution in [2.24, 2.45) is 0 Å². The first-order chi connectivity index (χ1) is 14.1. The van der Waals surface area contributed by atoms with E-state index in [1.165, 1.54) is 11.3 Å². The van der Waals surface area contributed by atoms with Gasteiger partial charge in [-0.25, -0.2) is 0 Å². The molecule has 0 spiro atoms. The maximum absolute atomic E-state index is 13.5. The first-order valence-corrected chi connectivity index (χ1v) is 11.4. The van der Waals surface area contributed by atoms with Crippen LogP contribution in [0, 0.1) is 6.92 Å². The van der Waals surface area contributed by atoms with Gasteiger partial charge < -0.3 is 5.32 Å². The van der Waals surface area contributed by atoms with Gasteiger partial charge in [-0.3, -0.25) is 14.5 Å². The molecule has 1 N–H and O–H groups in total. The van der Waals surface area contributed by atoms with Crippen LogP contribution in [0.2, 0.25) is 0 Å². The molecule has 0 radical (unpaired) electrons. The van der Waals surface area contributed by atoms with E-state index in [4.69, 9.17) is 0 Å². The number of amides is 2. The number of aromatic nitrogens is 2. The lowest BCUT2D eigenvalue weighted by atomic mass is 10.1.